The Hall–Kier alpha value is -1.69. The predicted molar refractivity (Wildman–Crippen MR) is 86.0 cm³/mol. The van der Waals surface area contributed by atoms with Gasteiger partial charge in [0.25, 0.3) is 0 Å². The number of thioether (sulfide) groups is 1. The molecule has 0 bridgehead atoms. The van der Waals surface area contributed by atoms with Crippen LogP contribution in [0.4, 0.5) is 4.79 Å². The van der Waals surface area contributed by atoms with Gasteiger partial charge in [-0.1, -0.05) is 12.1 Å². The molecule has 0 fully saturated rings. The van der Waals surface area contributed by atoms with Crippen LogP contribution in [0.2, 0.25) is 0 Å². The summed E-state index contributed by atoms with van der Waals surface area (Å²) < 4.78 is 5.72. The van der Waals surface area contributed by atoms with Gasteiger partial charge in [-0.15, -0.1) is 0 Å². The van der Waals surface area contributed by atoms with E-state index in [1.165, 1.54) is 12.6 Å². The van der Waals surface area contributed by atoms with Crippen molar-refractivity contribution < 1.29 is 14.3 Å². The molecule has 1 aromatic rings. The molecule has 2 N–H and O–H groups in total. The van der Waals surface area contributed by atoms with Gasteiger partial charge in [-0.2, -0.15) is 11.8 Å². The van der Waals surface area contributed by atoms with E-state index < -0.39 is 6.03 Å². The van der Waals surface area contributed by atoms with Crippen molar-refractivity contribution in [2.45, 2.75) is 20.3 Å². The van der Waals surface area contributed by atoms with E-state index >= 15 is 0 Å². The Balaban J connectivity index is 2.13. The fourth-order valence-electron chi connectivity index (χ4n) is 1.59. The first-order valence-corrected chi connectivity index (χ1v) is 7.97. The molecular weight excluding hydrogens is 288 g/mol. The number of rotatable bonds is 7. The lowest BCUT2D eigenvalue weighted by atomic mass is 10.1. The number of hydrogen-bond donors (Lipinski definition) is 2. The molecule has 6 heteroatoms. The lowest BCUT2D eigenvalue weighted by molar-refractivity contribution is -0.119. The van der Waals surface area contributed by atoms with E-state index in [1.54, 1.807) is 11.8 Å². The molecule has 116 valence electrons. The molecule has 5 nitrogen and oxygen atoms in total. The molecular formula is C15H22N2O3S. The fraction of sp³-hybridized carbons (Fsp3) is 0.467. The molecule has 1 rings (SSSR count). The molecule has 0 radical (unpaired) electrons. The number of imide groups is 1. The number of benzene rings is 1. The van der Waals surface area contributed by atoms with Crippen LogP contribution in [0.15, 0.2) is 18.2 Å². The number of hydrogen-bond acceptors (Lipinski definition) is 4. The molecule has 0 aromatic heterocycles. The van der Waals surface area contributed by atoms with E-state index in [2.05, 4.69) is 16.7 Å². The van der Waals surface area contributed by atoms with Crippen LogP contribution in [0.25, 0.3) is 0 Å². The SMILES string of the molecule is CNC(=O)NC(=O)CCSCCOc1cc(C)ccc1C. The Labute approximate surface area is 129 Å². The summed E-state index contributed by atoms with van der Waals surface area (Å²) in [5.74, 6) is 2.12. The topological polar surface area (TPSA) is 67.4 Å². The lowest BCUT2D eigenvalue weighted by Gasteiger charge is -2.09. The number of carbonyl (C=O) groups excluding carboxylic acids is 2. The second-order valence-corrected chi connectivity index (χ2v) is 5.83. The van der Waals surface area contributed by atoms with Crippen molar-refractivity contribution in [3.05, 3.63) is 29.3 Å². The van der Waals surface area contributed by atoms with Gasteiger partial charge in [0, 0.05) is 25.0 Å². The fourth-order valence-corrected chi connectivity index (χ4v) is 2.33. The van der Waals surface area contributed by atoms with E-state index in [-0.39, 0.29) is 5.91 Å². The summed E-state index contributed by atoms with van der Waals surface area (Å²) in [5.41, 5.74) is 2.30. The average Bonchev–Trinajstić information content (AvgIpc) is 2.45. The van der Waals surface area contributed by atoms with Crippen molar-refractivity contribution >= 4 is 23.7 Å². The smallest absolute Gasteiger partial charge is 0.321 e. The first-order valence-electron chi connectivity index (χ1n) is 6.82. The van der Waals surface area contributed by atoms with Crippen LogP contribution in [0, 0.1) is 13.8 Å². The monoisotopic (exact) mass is 310 g/mol. The van der Waals surface area contributed by atoms with E-state index in [9.17, 15) is 9.59 Å². The van der Waals surface area contributed by atoms with Crippen molar-refractivity contribution in [3.63, 3.8) is 0 Å². The van der Waals surface area contributed by atoms with Gasteiger partial charge in [-0.05, 0) is 31.0 Å². The molecule has 0 unspecified atom stereocenters. The zero-order valence-corrected chi connectivity index (χ0v) is 13.5. The molecule has 0 aliphatic carbocycles. The summed E-state index contributed by atoms with van der Waals surface area (Å²) in [6.07, 6.45) is 0.321. The Morgan fingerprint density at radius 2 is 2.00 bits per heavy atom. The highest BCUT2D eigenvalue weighted by atomic mass is 32.2. The summed E-state index contributed by atoms with van der Waals surface area (Å²) in [4.78, 5) is 22.2. The first-order chi connectivity index (χ1) is 10.0. The Kier molecular flexibility index (Phi) is 7.68. The third kappa shape index (κ3) is 7.04. The molecule has 0 saturated carbocycles. The van der Waals surface area contributed by atoms with Gasteiger partial charge in [-0.3, -0.25) is 10.1 Å². The van der Waals surface area contributed by atoms with Crippen molar-refractivity contribution in [2.75, 3.05) is 25.2 Å². The highest BCUT2D eigenvalue weighted by Crippen LogP contribution is 2.19. The second kappa shape index (κ2) is 9.28. The van der Waals surface area contributed by atoms with Crippen molar-refractivity contribution in [2.24, 2.45) is 0 Å². The van der Waals surface area contributed by atoms with Crippen LogP contribution in [0.3, 0.4) is 0 Å². The molecule has 0 aliphatic rings. The standard InChI is InChI=1S/C15H22N2O3S/c1-11-4-5-12(2)13(10-11)20-7-9-21-8-6-14(18)17-15(19)16-3/h4-5,10H,6-9H2,1-3H3,(H2,16,17,18,19). The Morgan fingerprint density at radius 3 is 2.71 bits per heavy atom. The Bertz CT molecular complexity index is 492. The minimum absolute atomic E-state index is 0.266. The molecule has 21 heavy (non-hydrogen) atoms. The van der Waals surface area contributed by atoms with E-state index in [0.29, 0.717) is 18.8 Å². The zero-order chi connectivity index (χ0) is 15.7. The first kappa shape index (κ1) is 17.4. The maximum atomic E-state index is 11.3. The van der Waals surface area contributed by atoms with Gasteiger partial charge in [-0.25, -0.2) is 4.79 Å². The molecule has 1 aromatic carbocycles. The minimum atomic E-state index is -0.469. The van der Waals surface area contributed by atoms with Gasteiger partial charge >= 0.3 is 6.03 Å². The molecule has 0 saturated heterocycles. The minimum Gasteiger partial charge on any atom is -0.492 e. The number of nitrogens with one attached hydrogen (secondary N) is 2. The molecule has 0 spiro atoms. The van der Waals surface area contributed by atoms with Gasteiger partial charge in [0.2, 0.25) is 5.91 Å². The summed E-state index contributed by atoms with van der Waals surface area (Å²) in [5, 5.41) is 4.56. The van der Waals surface area contributed by atoms with Crippen LogP contribution in [0.5, 0.6) is 5.75 Å². The molecule has 0 atom stereocenters. The van der Waals surface area contributed by atoms with E-state index in [4.69, 9.17) is 4.74 Å². The zero-order valence-electron chi connectivity index (χ0n) is 12.7. The summed E-state index contributed by atoms with van der Waals surface area (Å²) in [7, 11) is 1.47. The predicted octanol–water partition coefficient (Wildman–Crippen LogP) is 2.26. The number of aryl methyl sites for hydroxylation is 2. The molecule has 3 amide bonds. The Morgan fingerprint density at radius 1 is 1.24 bits per heavy atom. The number of urea groups is 1. The van der Waals surface area contributed by atoms with Crippen LogP contribution in [0.1, 0.15) is 17.5 Å². The van der Waals surface area contributed by atoms with Crippen molar-refractivity contribution in [1.82, 2.24) is 10.6 Å². The third-order valence-corrected chi connectivity index (χ3v) is 3.73. The van der Waals surface area contributed by atoms with Gasteiger partial charge in [0.15, 0.2) is 0 Å². The van der Waals surface area contributed by atoms with Crippen molar-refractivity contribution in [3.8, 4) is 5.75 Å². The van der Waals surface area contributed by atoms with E-state index in [0.717, 1.165) is 17.1 Å². The average molecular weight is 310 g/mol. The normalized spacial score (nSPS) is 10.0. The third-order valence-electron chi connectivity index (χ3n) is 2.78. The van der Waals surface area contributed by atoms with Gasteiger partial charge in [0.1, 0.15) is 5.75 Å². The van der Waals surface area contributed by atoms with Crippen LogP contribution < -0.4 is 15.4 Å². The van der Waals surface area contributed by atoms with Crippen LogP contribution in [-0.2, 0) is 4.79 Å². The van der Waals surface area contributed by atoms with E-state index in [1.807, 2.05) is 26.0 Å². The number of ether oxygens (including phenoxy) is 1. The van der Waals surface area contributed by atoms with Crippen molar-refractivity contribution in [1.29, 1.82) is 0 Å². The lowest BCUT2D eigenvalue weighted by Crippen LogP contribution is -2.37. The molecule has 0 aliphatic heterocycles. The highest BCUT2D eigenvalue weighted by molar-refractivity contribution is 7.99. The van der Waals surface area contributed by atoms with Gasteiger partial charge < -0.3 is 10.1 Å². The second-order valence-electron chi connectivity index (χ2n) is 4.61. The number of carbonyl (C=O) groups is 2. The summed E-state index contributed by atoms with van der Waals surface area (Å²) in [6.45, 7) is 4.66. The molecule has 0 heterocycles. The maximum Gasteiger partial charge on any atom is 0.321 e. The summed E-state index contributed by atoms with van der Waals surface area (Å²) >= 11 is 1.63. The number of amides is 3. The quantitative estimate of drug-likeness (QED) is 0.758. The maximum absolute atomic E-state index is 11.3. The highest BCUT2D eigenvalue weighted by Gasteiger charge is 2.05. The summed E-state index contributed by atoms with van der Waals surface area (Å²) in [6, 6.07) is 5.66. The largest absolute Gasteiger partial charge is 0.492 e. The van der Waals surface area contributed by atoms with Gasteiger partial charge in [0.05, 0.1) is 6.61 Å². The van der Waals surface area contributed by atoms with Crippen LogP contribution in [-0.4, -0.2) is 37.1 Å². The van der Waals surface area contributed by atoms with Crippen LogP contribution >= 0.6 is 11.8 Å².